The van der Waals surface area contributed by atoms with E-state index in [1.54, 1.807) is 66.3 Å². The number of halogens is 1. The van der Waals surface area contributed by atoms with E-state index in [1.807, 2.05) is 73.9 Å². The molecule has 1 aliphatic carbocycles. The SMILES string of the molecule is Cc1ncsc1-c1ccc([C@H](C)NC(=O)[C@@H]2C[C@@H](OC(=O)CCN)CN2C(=O)[C@@H](NC(=O)c2cc3cc(O[C@H]4C[C@@H](NC(=O)C[C@@H]5N=C(c6ccc(Cl)cc6)c6c(sc(C)c6C)-n6c(C)nnc65)C4)ccc3o2)C(C)C)cc1. The maximum atomic E-state index is 14.5. The first-order valence-corrected chi connectivity index (χ1v) is 28.2. The molecule has 3 aliphatic rings. The molecule has 406 valence electrons. The normalized spacial score (nSPS) is 19.5. The van der Waals surface area contributed by atoms with E-state index < -0.39 is 59.9 Å². The van der Waals surface area contributed by atoms with Crippen LogP contribution in [0.4, 0.5) is 0 Å². The molecule has 0 unspecified atom stereocenters. The summed E-state index contributed by atoms with van der Waals surface area (Å²) in [5.41, 5.74) is 14.5. The number of aromatic nitrogens is 4. The largest absolute Gasteiger partial charge is 0.490 e. The summed E-state index contributed by atoms with van der Waals surface area (Å²) >= 11 is 9.50. The van der Waals surface area contributed by atoms with Crippen molar-refractivity contribution in [3.05, 3.63) is 134 Å². The summed E-state index contributed by atoms with van der Waals surface area (Å²) < 4.78 is 20.0. The predicted octanol–water partition coefficient (Wildman–Crippen LogP) is 8.59. The lowest BCUT2D eigenvalue weighted by molar-refractivity contribution is -0.149. The second kappa shape index (κ2) is 22.6. The van der Waals surface area contributed by atoms with Crippen molar-refractivity contribution in [3.63, 3.8) is 0 Å². The second-order valence-corrected chi connectivity index (χ2v) is 23.1. The van der Waals surface area contributed by atoms with Gasteiger partial charge in [-0.05, 0) is 93.6 Å². The highest BCUT2D eigenvalue weighted by Crippen LogP contribution is 2.40. The Hall–Kier alpha value is -7.26. The van der Waals surface area contributed by atoms with Crippen LogP contribution >= 0.6 is 34.3 Å². The van der Waals surface area contributed by atoms with Crippen LogP contribution in [0, 0.1) is 33.6 Å². The Morgan fingerprint density at radius 2 is 1.64 bits per heavy atom. The van der Waals surface area contributed by atoms with Gasteiger partial charge in [-0.15, -0.1) is 32.9 Å². The van der Waals surface area contributed by atoms with Crippen LogP contribution in [0.25, 0.3) is 26.4 Å². The van der Waals surface area contributed by atoms with Crippen molar-refractivity contribution < 1.29 is 37.9 Å². The summed E-state index contributed by atoms with van der Waals surface area (Å²) in [5, 5.41) is 20.3. The molecule has 6 heterocycles. The van der Waals surface area contributed by atoms with Crippen LogP contribution in [0.3, 0.4) is 0 Å². The number of nitrogens with one attached hydrogen (secondary N) is 3. The molecule has 21 heteroatoms. The predicted molar refractivity (Wildman–Crippen MR) is 298 cm³/mol. The third-order valence-corrected chi connectivity index (χ3v) is 17.1. The number of furan rings is 1. The molecule has 1 saturated carbocycles. The van der Waals surface area contributed by atoms with Gasteiger partial charge in [0.25, 0.3) is 5.91 Å². The maximum absolute atomic E-state index is 14.5. The van der Waals surface area contributed by atoms with Crippen molar-refractivity contribution in [2.75, 3.05) is 13.1 Å². The van der Waals surface area contributed by atoms with Crippen molar-refractivity contribution in [2.24, 2.45) is 16.6 Å². The average Bonchev–Trinajstić information content (AvgIpc) is 4.44. The van der Waals surface area contributed by atoms with Gasteiger partial charge in [-0.1, -0.05) is 61.8 Å². The highest BCUT2D eigenvalue weighted by Gasteiger charge is 2.45. The summed E-state index contributed by atoms with van der Waals surface area (Å²) in [4.78, 5) is 82.1. The van der Waals surface area contributed by atoms with Crippen LogP contribution in [0.15, 0.2) is 87.7 Å². The number of fused-ring (bicyclic) bond motifs is 4. The van der Waals surface area contributed by atoms with Crippen LogP contribution in [-0.2, 0) is 23.9 Å². The number of carbonyl (C=O) groups is 5. The van der Waals surface area contributed by atoms with Gasteiger partial charge < -0.3 is 40.5 Å². The zero-order valence-corrected chi connectivity index (χ0v) is 46.7. The first-order valence-electron chi connectivity index (χ1n) is 26.1. The molecule has 1 saturated heterocycles. The fourth-order valence-electron chi connectivity index (χ4n) is 10.3. The van der Waals surface area contributed by atoms with Crippen LogP contribution in [0.2, 0.25) is 5.02 Å². The Morgan fingerprint density at radius 1 is 0.897 bits per heavy atom. The number of amides is 4. The van der Waals surface area contributed by atoms with E-state index in [4.69, 9.17) is 36.2 Å². The molecule has 5 N–H and O–H groups in total. The molecular formula is C57H61ClN10O8S2. The maximum Gasteiger partial charge on any atom is 0.307 e. The molecule has 4 aromatic heterocycles. The molecule has 18 nitrogen and oxygen atoms in total. The van der Waals surface area contributed by atoms with Gasteiger partial charge in [0.2, 0.25) is 17.7 Å². The fourth-order valence-corrected chi connectivity index (χ4v) is 12.5. The Balaban J connectivity index is 0.764. The lowest BCUT2D eigenvalue weighted by Gasteiger charge is -2.36. The van der Waals surface area contributed by atoms with Crippen molar-refractivity contribution in [3.8, 4) is 21.2 Å². The smallest absolute Gasteiger partial charge is 0.307 e. The molecule has 5 atom stereocenters. The Bertz CT molecular complexity index is 3450. The fraction of sp³-hybridized carbons (Fsp3) is 0.386. The van der Waals surface area contributed by atoms with Gasteiger partial charge in [-0.25, -0.2) is 4.98 Å². The number of likely N-dealkylation sites (tertiary alicyclic amines) is 1. The quantitative estimate of drug-likeness (QED) is 0.0628. The third kappa shape index (κ3) is 11.2. The summed E-state index contributed by atoms with van der Waals surface area (Å²) in [6.45, 7) is 13.5. The van der Waals surface area contributed by atoms with Crippen LogP contribution in [-0.4, -0.2) is 103 Å². The van der Waals surface area contributed by atoms with Crippen LogP contribution in [0.5, 0.6) is 5.75 Å². The number of rotatable bonds is 17. The Kier molecular flexibility index (Phi) is 15.7. The minimum atomic E-state index is -1.07. The number of carbonyl (C=O) groups excluding carboxylic acids is 5. The number of aryl methyl sites for hydroxylation is 3. The first-order chi connectivity index (χ1) is 37.4. The molecular weight excluding hydrogens is 1050 g/mol. The van der Waals surface area contributed by atoms with Gasteiger partial charge in [0.1, 0.15) is 52.5 Å². The zero-order valence-electron chi connectivity index (χ0n) is 44.3. The van der Waals surface area contributed by atoms with Gasteiger partial charge >= 0.3 is 5.97 Å². The van der Waals surface area contributed by atoms with E-state index in [0.29, 0.717) is 46.2 Å². The first kappa shape index (κ1) is 54.1. The third-order valence-electron chi connectivity index (χ3n) is 14.7. The Labute approximate surface area is 464 Å². The molecule has 10 rings (SSSR count). The number of benzene rings is 3. The molecule has 78 heavy (non-hydrogen) atoms. The van der Waals surface area contributed by atoms with Gasteiger partial charge in [0.05, 0.1) is 47.2 Å². The molecule has 0 spiro atoms. The average molecular weight is 1110 g/mol. The number of hydrogen-bond donors (Lipinski definition) is 4. The number of ether oxygens (including phenoxy) is 2. The molecule has 3 aromatic carbocycles. The summed E-state index contributed by atoms with van der Waals surface area (Å²) in [6, 6.07) is 19.1. The number of thiophene rings is 1. The van der Waals surface area contributed by atoms with E-state index >= 15 is 0 Å². The summed E-state index contributed by atoms with van der Waals surface area (Å²) in [7, 11) is 0. The van der Waals surface area contributed by atoms with E-state index in [2.05, 4.69) is 45.0 Å². The van der Waals surface area contributed by atoms with Crippen molar-refractivity contribution in [1.82, 2.24) is 40.6 Å². The minimum absolute atomic E-state index is 0.0120. The summed E-state index contributed by atoms with van der Waals surface area (Å²) in [6.07, 6.45) is 0.355. The molecule has 2 fully saturated rings. The van der Waals surface area contributed by atoms with Gasteiger partial charge in [-0.2, -0.15) is 0 Å². The minimum Gasteiger partial charge on any atom is -0.490 e. The van der Waals surface area contributed by atoms with Gasteiger partial charge in [-0.3, -0.25) is 33.5 Å². The Morgan fingerprint density at radius 3 is 2.35 bits per heavy atom. The number of thiazole rings is 1. The van der Waals surface area contributed by atoms with Crippen molar-refractivity contribution in [1.29, 1.82) is 0 Å². The molecule has 2 aliphatic heterocycles. The van der Waals surface area contributed by atoms with E-state index in [9.17, 15) is 24.0 Å². The van der Waals surface area contributed by atoms with Crippen molar-refractivity contribution in [2.45, 2.75) is 123 Å². The monoisotopic (exact) mass is 1110 g/mol. The molecule has 0 bridgehead atoms. The number of esters is 1. The lowest BCUT2D eigenvalue weighted by atomic mass is 9.89. The number of nitrogens with two attached hydrogens (primary N) is 1. The van der Waals surface area contributed by atoms with E-state index in [1.165, 1.54) is 4.90 Å². The van der Waals surface area contributed by atoms with Gasteiger partial charge in [0.15, 0.2) is 11.6 Å². The number of hydrogen-bond acceptors (Lipinski definition) is 15. The topological polar surface area (TPSA) is 238 Å². The van der Waals surface area contributed by atoms with E-state index in [-0.39, 0.29) is 56.2 Å². The van der Waals surface area contributed by atoms with Crippen LogP contribution < -0.4 is 26.4 Å². The van der Waals surface area contributed by atoms with Crippen molar-refractivity contribution >= 4 is 80.6 Å². The lowest BCUT2D eigenvalue weighted by Crippen LogP contribution is -2.55. The highest BCUT2D eigenvalue weighted by molar-refractivity contribution is 7.15. The molecule has 7 aromatic rings. The van der Waals surface area contributed by atoms with E-state index in [0.717, 1.165) is 54.0 Å². The number of aliphatic imine (C=N–C) groups is 1. The van der Waals surface area contributed by atoms with Crippen LogP contribution in [0.1, 0.15) is 120 Å². The number of nitrogens with zero attached hydrogens (tertiary/aromatic N) is 6. The summed E-state index contributed by atoms with van der Waals surface area (Å²) in [5.74, 6) is -0.774. The standard InChI is InChI=1S/C57H61ClN10O8S2/c1-28(2)50(56(73)67-26-42(75-48(70)18-19-59)24-44(67)54(71)61-30(4)34-8-10-36(11-9-34)52-31(5)60-27-77-52)64-55(72)46-21-37-20-40(16-17-45(37)76-46)74-41-22-39(23-41)62-47(69)25-43-53-66-65-33(7)68(53)57-49(29(3)32(6)78-57)51(63-43)35-12-14-38(58)15-13-35/h8-17,20-21,27-28,30,39,41-44,50H,18-19,22-26,59H2,1-7H3,(H,61,71)(H,62,69)(H,64,72)/t30-,39-,41+,42+,43-,44-,50-/m0/s1. The van der Waals surface area contributed by atoms with Gasteiger partial charge in [0, 0.05) is 58.3 Å². The zero-order chi connectivity index (χ0) is 55.1. The highest BCUT2D eigenvalue weighted by atomic mass is 35.5. The molecule has 4 amide bonds. The second-order valence-electron chi connectivity index (χ2n) is 20.6. The molecule has 0 radical (unpaired) electrons.